The van der Waals surface area contributed by atoms with Crippen LogP contribution in [-0.2, 0) is 0 Å². The topological polar surface area (TPSA) is 55.0 Å². The van der Waals surface area contributed by atoms with Gasteiger partial charge in [-0.15, -0.1) is 0 Å². The Kier molecular flexibility index (Phi) is 4.77. The number of hydrogen-bond acceptors (Lipinski definition) is 5. The number of nitrogen functional groups attached to an aromatic ring is 1. The molecule has 1 aliphatic rings. The molecule has 0 bridgehead atoms. The molecule has 28 heavy (non-hydrogen) atoms. The lowest BCUT2D eigenvalue weighted by Crippen LogP contribution is -2.25. The first-order valence-electron chi connectivity index (χ1n) is 8.70. The number of fused-ring (bicyclic) bond motifs is 1. The zero-order chi connectivity index (χ0) is 19.8. The highest BCUT2D eigenvalue weighted by molar-refractivity contribution is 7.98. The van der Waals surface area contributed by atoms with Crippen LogP contribution >= 0.6 is 11.8 Å². The molecule has 0 atom stereocenters. The van der Waals surface area contributed by atoms with Crippen LogP contribution in [0, 0.1) is 18.6 Å². The molecule has 1 aliphatic heterocycles. The Labute approximate surface area is 166 Å². The SMILES string of the molecule is CSc1nc(-c2cc(N)ccc2C)c2c(n1)N(c1c(F)cccc1F)CC=C2. The van der Waals surface area contributed by atoms with Crippen molar-refractivity contribution in [3.8, 4) is 11.3 Å². The van der Waals surface area contributed by atoms with E-state index in [4.69, 9.17) is 5.73 Å². The Hall–Kier alpha value is -2.93. The molecule has 7 heteroatoms. The van der Waals surface area contributed by atoms with Crippen molar-refractivity contribution < 1.29 is 8.78 Å². The van der Waals surface area contributed by atoms with Gasteiger partial charge in [0.15, 0.2) is 5.16 Å². The van der Waals surface area contributed by atoms with Gasteiger partial charge < -0.3 is 10.6 Å². The Balaban J connectivity index is 1.99. The van der Waals surface area contributed by atoms with Crippen molar-refractivity contribution in [3.63, 3.8) is 0 Å². The number of para-hydroxylation sites is 1. The van der Waals surface area contributed by atoms with Crippen molar-refractivity contribution in [1.82, 2.24) is 9.97 Å². The predicted molar refractivity (Wildman–Crippen MR) is 111 cm³/mol. The van der Waals surface area contributed by atoms with E-state index in [-0.39, 0.29) is 5.69 Å². The van der Waals surface area contributed by atoms with Gasteiger partial charge >= 0.3 is 0 Å². The van der Waals surface area contributed by atoms with Crippen molar-refractivity contribution in [1.29, 1.82) is 0 Å². The molecule has 0 unspecified atom stereocenters. The zero-order valence-corrected chi connectivity index (χ0v) is 16.2. The number of aryl methyl sites for hydroxylation is 1. The Morgan fingerprint density at radius 3 is 2.57 bits per heavy atom. The highest BCUT2D eigenvalue weighted by Crippen LogP contribution is 2.40. The van der Waals surface area contributed by atoms with Gasteiger partial charge in [-0.05, 0) is 43.0 Å². The fourth-order valence-electron chi connectivity index (χ4n) is 3.29. The van der Waals surface area contributed by atoms with Gasteiger partial charge in [0.25, 0.3) is 0 Å². The molecule has 142 valence electrons. The molecular weight excluding hydrogens is 378 g/mol. The van der Waals surface area contributed by atoms with Gasteiger partial charge in [-0.1, -0.05) is 36.0 Å². The maximum absolute atomic E-state index is 14.5. The van der Waals surface area contributed by atoms with E-state index < -0.39 is 11.6 Å². The number of benzene rings is 2. The fourth-order valence-corrected chi connectivity index (χ4v) is 3.65. The van der Waals surface area contributed by atoms with Gasteiger partial charge in [0.1, 0.15) is 23.1 Å². The summed E-state index contributed by atoms with van der Waals surface area (Å²) in [7, 11) is 0. The summed E-state index contributed by atoms with van der Waals surface area (Å²) in [5, 5.41) is 0.521. The lowest BCUT2D eigenvalue weighted by molar-refractivity contribution is 0.581. The van der Waals surface area contributed by atoms with Crippen molar-refractivity contribution in [2.75, 3.05) is 23.4 Å². The van der Waals surface area contributed by atoms with E-state index in [0.29, 0.717) is 34.5 Å². The number of anilines is 3. The molecule has 0 saturated carbocycles. The van der Waals surface area contributed by atoms with E-state index in [1.165, 1.54) is 30.0 Å². The van der Waals surface area contributed by atoms with Crippen molar-refractivity contribution in [3.05, 3.63) is 65.2 Å². The average molecular weight is 396 g/mol. The molecule has 0 fully saturated rings. The first-order valence-corrected chi connectivity index (χ1v) is 9.92. The molecule has 1 aromatic heterocycles. The van der Waals surface area contributed by atoms with Crippen LogP contribution < -0.4 is 10.6 Å². The minimum absolute atomic E-state index is 0.117. The second kappa shape index (κ2) is 7.24. The van der Waals surface area contributed by atoms with Gasteiger partial charge in [-0.3, -0.25) is 0 Å². The second-order valence-electron chi connectivity index (χ2n) is 6.45. The molecule has 0 aliphatic carbocycles. The average Bonchev–Trinajstić information content (AvgIpc) is 2.69. The molecule has 0 saturated heterocycles. The van der Waals surface area contributed by atoms with E-state index in [1.54, 1.807) is 4.90 Å². The molecule has 0 amide bonds. The molecule has 4 nitrogen and oxygen atoms in total. The van der Waals surface area contributed by atoms with Crippen LogP contribution in [-0.4, -0.2) is 22.8 Å². The molecule has 2 aromatic carbocycles. The Morgan fingerprint density at radius 2 is 1.86 bits per heavy atom. The van der Waals surface area contributed by atoms with Crippen LogP contribution in [0.3, 0.4) is 0 Å². The van der Waals surface area contributed by atoms with Crippen LogP contribution in [0.15, 0.2) is 47.6 Å². The monoisotopic (exact) mass is 396 g/mol. The summed E-state index contributed by atoms with van der Waals surface area (Å²) in [6.45, 7) is 2.29. The number of nitrogens with zero attached hydrogens (tertiary/aromatic N) is 3. The Bertz CT molecular complexity index is 1080. The fraction of sp³-hybridized carbons (Fsp3) is 0.143. The molecular formula is C21H18F2N4S. The van der Waals surface area contributed by atoms with Gasteiger partial charge in [0.2, 0.25) is 0 Å². The number of nitrogens with two attached hydrogens (primary N) is 1. The van der Waals surface area contributed by atoms with Crippen molar-refractivity contribution >= 4 is 35.0 Å². The highest BCUT2D eigenvalue weighted by atomic mass is 32.2. The third kappa shape index (κ3) is 3.11. The van der Waals surface area contributed by atoms with E-state index in [9.17, 15) is 8.78 Å². The maximum Gasteiger partial charge on any atom is 0.189 e. The summed E-state index contributed by atoms with van der Waals surface area (Å²) in [4.78, 5) is 10.8. The largest absolute Gasteiger partial charge is 0.399 e. The number of aromatic nitrogens is 2. The van der Waals surface area contributed by atoms with Crippen LogP contribution in [0.5, 0.6) is 0 Å². The van der Waals surface area contributed by atoms with Gasteiger partial charge in [-0.25, -0.2) is 18.7 Å². The molecule has 4 rings (SSSR count). The molecule has 3 aromatic rings. The van der Waals surface area contributed by atoms with Crippen LogP contribution in [0.4, 0.5) is 26.0 Å². The van der Waals surface area contributed by atoms with Gasteiger partial charge in [0, 0.05) is 23.4 Å². The zero-order valence-electron chi connectivity index (χ0n) is 15.4. The summed E-state index contributed by atoms with van der Waals surface area (Å²) in [5.41, 5.74) is 9.77. The van der Waals surface area contributed by atoms with Crippen LogP contribution in [0.1, 0.15) is 11.1 Å². The van der Waals surface area contributed by atoms with Crippen molar-refractivity contribution in [2.24, 2.45) is 0 Å². The summed E-state index contributed by atoms with van der Waals surface area (Å²) >= 11 is 1.37. The number of hydrogen-bond donors (Lipinski definition) is 1. The highest BCUT2D eigenvalue weighted by Gasteiger charge is 2.26. The number of rotatable bonds is 3. The number of thioether (sulfide) groups is 1. The lowest BCUT2D eigenvalue weighted by Gasteiger charge is -2.29. The second-order valence-corrected chi connectivity index (χ2v) is 7.23. The van der Waals surface area contributed by atoms with E-state index >= 15 is 0 Å². The third-order valence-electron chi connectivity index (χ3n) is 4.64. The van der Waals surface area contributed by atoms with Crippen molar-refractivity contribution in [2.45, 2.75) is 12.1 Å². The minimum Gasteiger partial charge on any atom is -0.399 e. The normalized spacial score (nSPS) is 12.9. The first-order chi connectivity index (χ1) is 13.5. The smallest absolute Gasteiger partial charge is 0.189 e. The molecule has 0 spiro atoms. The molecule has 2 N–H and O–H groups in total. The van der Waals surface area contributed by atoms with Gasteiger partial charge in [0.05, 0.1) is 5.69 Å². The predicted octanol–water partition coefficient (Wildman–Crippen LogP) is 5.20. The molecule has 2 heterocycles. The molecule has 0 radical (unpaired) electrons. The minimum atomic E-state index is -0.632. The lowest BCUT2D eigenvalue weighted by atomic mass is 9.99. The Morgan fingerprint density at radius 1 is 1.11 bits per heavy atom. The summed E-state index contributed by atoms with van der Waals surface area (Å²) in [6, 6.07) is 9.46. The maximum atomic E-state index is 14.5. The third-order valence-corrected chi connectivity index (χ3v) is 5.19. The van der Waals surface area contributed by atoms with Crippen LogP contribution in [0.2, 0.25) is 0 Å². The van der Waals surface area contributed by atoms with E-state index in [1.807, 2.05) is 43.5 Å². The quantitative estimate of drug-likeness (QED) is 0.375. The summed E-state index contributed by atoms with van der Waals surface area (Å²) in [6.07, 6.45) is 5.61. The van der Waals surface area contributed by atoms with Gasteiger partial charge in [-0.2, -0.15) is 0 Å². The van der Waals surface area contributed by atoms with E-state index in [0.717, 1.165) is 11.1 Å². The number of halogens is 2. The standard InChI is InChI=1S/C21H18F2N4S/c1-12-8-9-13(24)11-15(12)18-14-5-4-10-27(20(14)26-21(25-18)28-2)19-16(22)6-3-7-17(19)23/h3-9,11H,10,24H2,1-2H3. The van der Waals surface area contributed by atoms with Crippen LogP contribution in [0.25, 0.3) is 17.3 Å². The van der Waals surface area contributed by atoms with E-state index in [2.05, 4.69) is 9.97 Å². The summed E-state index contributed by atoms with van der Waals surface area (Å²) in [5.74, 6) is -0.790. The first kappa shape index (κ1) is 18.4. The summed E-state index contributed by atoms with van der Waals surface area (Å²) < 4.78 is 29.0.